The molecule has 0 radical (unpaired) electrons. The number of nitrogen functional groups attached to an aromatic ring is 1. The van der Waals surface area contributed by atoms with Crippen molar-refractivity contribution in [1.29, 1.82) is 0 Å². The van der Waals surface area contributed by atoms with Crippen LogP contribution in [0, 0.1) is 6.92 Å². The second-order valence-electron chi connectivity index (χ2n) is 4.01. The summed E-state index contributed by atoms with van der Waals surface area (Å²) in [5.41, 5.74) is 10.1. The fourth-order valence-electron chi connectivity index (χ4n) is 1.47. The van der Waals surface area contributed by atoms with E-state index in [-0.39, 0.29) is 17.3 Å². The van der Waals surface area contributed by atoms with Gasteiger partial charge in [0.25, 0.3) is 0 Å². The first-order chi connectivity index (χ1) is 9.58. The zero-order chi connectivity index (χ0) is 14.5. The Morgan fingerprint density at radius 1 is 1.40 bits per heavy atom. The molecule has 0 aliphatic carbocycles. The third-order valence-corrected chi connectivity index (χ3v) is 2.45. The second-order valence-corrected chi connectivity index (χ2v) is 4.01. The van der Waals surface area contributed by atoms with E-state index < -0.39 is 5.97 Å². The van der Waals surface area contributed by atoms with Crippen molar-refractivity contribution in [2.75, 3.05) is 5.73 Å². The van der Waals surface area contributed by atoms with E-state index in [1.807, 2.05) is 31.2 Å². The van der Waals surface area contributed by atoms with Crippen LogP contribution in [0.15, 0.2) is 28.9 Å². The fourth-order valence-corrected chi connectivity index (χ4v) is 1.47. The number of nitrogens with two attached hydrogens (primary N) is 1. The summed E-state index contributed by atoms with van der Waals surface area (Å²) in [6, 6.07) is 7.56. The molecule has 20 heavy (non-hydrogen) atoms. The highest BCUT2D eigenvalue weighted by molar-refractivity contribution is 5.96. The molecule has 104 valence electrons. The number of nitrogens with zero attached hydrogens (tertiary/aromatic N) is 2. The Hall–Kier alpha value is -2.90. The van der Waals surface area contributed by atoms with E-state index in [4.69, 9.17) is 10.6 Å². The van der Waals surface area contributed by atoms with E-state index in [0.29, 0.717) is 0 Å². The minimum absolute atomic E-state index is 0.0701. The Balaban J connectivity index is 2.39. The molecule has 2 rings (SSSR count). The molecule has 0 aliphatic heterocycles. The zero-order valence-electron chi connectivity index (χ0n) is 11.0. The number of hydrogen-bond donors (Lipinski definition) is 3. The number of hydrogen-bond acceptors (Lipinski definition) is 6. The number of nitrogens with one attached hydrogen (secondary N) is 2. The standard InChI is InChI=1S/C12H13N5O3/c1-7-5-3-4-6-9(7)14-12(17-19-8(2)18)10-11(13)16-20-15-10/h3-6H,1-2H3,(H2,13,16)(H,14,17)/p+1. The van der Waals surface area contributed by atoms with Crippen LogP contribution in [0.3, 0.4) is 0 Å². The van der Waals surface area contributed by atoms with Gasteiger partial charge in [0, 0.05) is 6.92 Å². The van der Waals surface area contributed by atoms with Gasteiger partial charge in [0.15, 0.2) is 0 Å². The van der Waals surface area contributed by atoms with Gasteiger partial charge in [-0.1, -0.05) is 23.7 Å². The molecule has 0 bridgehead atoms. The van der Waals surface area contributed by atoms with Crippen LogP contribution < -0.4 is 16.2 Å². The van der Waals surface area contributed by atoms with Gasteiger partial charge in [0.05, 0.1) is 0 Å². The van der Waals surface area contributed by atoms with Crippen molar-refractivity contribution in [2.45, 2.75) is 13.8 Å². The Bertz CT molecular complexity index is 650. The topological polar surface area (TPSA) is 117 Å². The van der Waals surface area contributed by atoms with Crippen molar-refractivity contribution >= 4 is 23.3 Å². The maximum atomic E-state index is 10.9. The third-order valence-electron chi connectivity index (χ3n) is 2.45. The lowest BCUT2D eigenvalue weighted by atomic mass is 10.2. The van der Waals surface area contributed by atoms with E-state index in [2.05, 4.69) is 25.4 Å². The lowest BCUT2D eigenvalue weighted by Gasteiger charge is -2.01. The molecule has 8 nitrogen and oxygen atoms in total. The van der Waals surface area contributed by atoms with Crippen LogP contribution in [0.4, 0.5) is 11.5 Å². The number of aromatic nitrogens is 2. The highest BCUT2D eigenvalue weighted by Crippen LogP contribution is 2.07. The summed E-state index contributed by atoms with van der Waals surface area (Å²) in [4.78, 5) is 18.7. The van der Waals surface area contributed by atoms with Crippen LogP contribution in [0.2, 0.25) is 0 Å². The molecule has 0 aliphatic rings. The Kier molecular flexibility index (Phi) is 3.94. The number of rotatable bonds is 2. The first-order valence-electron chi connectivity index (χ1n) is 5.79. The summed E-state index contributed by atoms with van der Waals surface area (Å²) >= 11 is 0. The van der Waals surface area contributed by atoms with Crippen LogP contribution >= 0.6 is 0 Å². The second kappa shape index (κ2) is 5.83. The molecule has 1 heterocycles. The number of amidine groups is 1. The van der Waals surface area contributed by atoms with Gasteiger partial charge in [-0.15, -0.1) is 0 Å². The summed E-state index contributed by atoms with van der Waals surface area (Å²) in [7, 11) is 0. The first kappa shape index (κ1) is 13.5. The van der Waals surface area contributed by atoms with Crippen LogP contribution in [-0.2, 0) is 9.63 Å². The van der Waals surface area contributed by atoms with E-state index in [0.717, 1.165) is 11.3 Å². The molecule has 1 aromatic heterocycles. The number of para-hydroxylation sites is 1. The van der Waals surface area contributed by atoms with Gasteiger partial charge in [-0.05, 0) is 28.9 Å². The van der Waals surface area contributed by atoms with Crippen molar-refractivity contribution in [2.24, 2.45) is 0 Å². The third kappa shape index (κ3) is 3.10. The molecule has 1 aromatic carbocycles. The van der Waals surface area contributed by atoms with Crippen molar-refractivity contribution < 1.29 is 19.3 Å². The Labute approximate surface area is 114 Å². The predicted molar refractivity (Wildman–Crippen MR) is 69.5 cm³/mol. The monoisotopic (exact) mass is 276 g/mol. The molecule has 0 atom stereocenters. The molecular formula is C12H14N5O3+. The van der Waals surface area contributed by atoms with Gasteiger partial charge in [0.1, 0.15) is 5.69 Å². The number of hydroxylamine groups is 1. The smallest absolute Gasteiger partial charge is 0.354 e. The lowest BCUT2D eigenvalue weighted by molar-refractivity contribution is -0.359. The summed E-state index contributed by atoms with van der Waals surface area (Å²) in [5.74, 6) is -0.182. The van der Waals surface area contributed by atoms with Crippen molar-refractivity contribution in [3.63, 3.8) is 0 Å². The molecule has 0 spiro atoms. The minimum atomic E-state index is -0.510. The first-order valence-corrected chi connectivity index (χ1v) is 5.79. The van der Waals surface area contributed by atoms with Gasteiger partial charge in [-0.2, -0.15) is 0 Å². The summed E-state index contributed by atoms with van der Waals surface area (Å²) in [5, 5.41) is 7.13. The molecule has 8 heteroatoms. The van der Waals surface area contributed by atoms with E-state index in [1.54, 1.807) is 0 Å². The van der Waals surface area contributed by atoms with Crippen LogP contribution in [0.5, 0.6) is 0 Å². The number of carbonyl (C=O) groups is 1. The molecule has 2 aromatic rings. The van der Waals surface area contributed by atoms with Crippen LogP contribution in [-0.4, -0.2) is 22.1 Å². The van der Waals surface area contributed by atoms with Gasteiger partial charge in [-0.25, -0.2) is 14.4 Å². The largest absolute Gasteiger partial charge is 0.379 e. The molecule has 0 amide bonds. The molecule has 0 unspecified atom stereocenters. The highest BCUT2D eigenvalue weighted by Gasteiger charge is 2.22. The Morgan fingerprint density at radius 2 is 2.15 bits per heavy atom. The van der Waals surface area contributed by atoms with Crippen molar-refractivity contribution in [3.05, 3.63) is 35.5 Å². The van der Waals surface area contributed by atoms with E-state index in [1.165, 1.54) is 6.92 Å². The molecule has 0 saturated heterocycles. The number of aryl methyl sites for hydroxylation is 1. The van der Waals surface area contributed by atoms with Gasteiger partial charge >= 0.3 is 11.8 Å². The van der Waals surface area contributed by atoms with Gasteiger partial charge in [0.2, 0.25) is 11.5 Å². The highest BCUT2D eigenvalue weighted by atomic mass is 16.7. The van der Waals surface area contributed by atoms with Gasteiger partial charge in [-0.3, -0.25) is 4.84 Å². The molecular weight excluding hydrogens is 262 g/mol. The average Bonchev–Trinajstić information content (AvgIpc) is 2.82. The molecule has 0 saturated carbocycles. The SMILES string of the molecule is CC(=O)ONC(=[NH+]c1ccccc1C)c1nonc1N. The number of carbonyl (C=O) groups excluding carboxylic acids is 1. The molecule has 4 N–H and O–H groups in total. The molecule has 0 fully saturated rings. The van der Waals surface area contributed by atoms with Crippen LogP contribution in [0.25, 0.3) is 0 Å². The Morgan fingerprint density at radius 3 is 2.75 bits per heavy atom. The average molecular weight is 276 g/mol. The maximum absolute atomic E-state index is 10.9. The fraction of sp³-hybridized carbons (Fsp3) is 0.167. The minimum Gasteiger partial charge on any atom is -0.379 e. The summed E-state index contributed by atoms with van der Waals surface area (Å²) in [6.07, 6.45) is 0. The predicted octanol–water partition coefficient (Wildman–Crippen LogP) is -0.813. The van der Waals surface area contributed by atoms with E-state index >= 15 is 0 Å². The number of anilines is 1. The van der Waals surface area contributed by atoms with E-state index in [9.17, 15) is 4.79 Å². The summed E-state index contributed by atoms with van der Waals surface area (Å²) < 4.78 is 4.53. The normalized spacial score (nSPS) is 11.2. The zero-order valence-corrected chi connectivity index (χ0v) is 11.0. The van der Waals surface area contributed by atoms with Crippen molar-refractivity contribution in [3.8, 4) is 0 Å². The number of benzene rings is 1. The van der Waals surface area contributed by atoms with Gasteiger partial charge < -0.3 is 5.73 Å². The summed E-state index contributed by atoms with van der Waals surface area (Å²) in [6.45, 7) is 3.19. The van der Waals surface area contributed by atoms with Crippen molar-refractivity contribution in [1.82, 2.24) is 15.8 Å². The maximum Gasteiger partial charge on any atom is 0.354 e. The van der Waals surface area contributed by atoms with Crippen LogP contribution in [0.1, 0.15) is 18.2 Å². The quantitative estimate of drug-likeness (QED) is 0.373. The lowest BCUT2D eigenvalue weighted by Crippen LogP contribution is -2.71.